The molecular formula is C10H21ClN2O3. The van der Waals surface area contributed by atoms with E-state index in [2.05, 4.69) is 10.6 Å². The second kappa shape index (κ2) is 8.75. The first-order valence-electron chi connectivity index (χ1n) is 5.31. The van der Waals surface area contributed by atoms with Crippen LogP contribution in [0.5, 0.6) is 0 Å². The van der Waals surface area contributed by atoms with Crippen molar-refractivity contribution in [3.8, 4) is 0 Å². The van der Waals surface area contributed by atoms with E-state index in [1.54, 1.807) is 7.11 Å². The standard InChI is InChI=1S/C10H20N2O3.ClH/c1-8(7-15-4-3-14-2)12-10(13)9-5-11-6-9;/h8-9,11H,3-7H2,1-2H3,(H,12,13);1H. The Hall–Kier alpha value is -0.360. The second-order valence-electron chi connectivity index (χ2n) is 3.83. The molecule has 5 nitrogen and oxygen atoms in total. The molecule has 1 aliphatic heterocycles. The van der Waals surface area contributed by atoms with Gasteiger partial charge in [0.25, 0.3) is 0 Å². The first-order valence-corrected chi connectivity index (χ1v) is 5.31. The molecule has 96 valence electrons. The van der Waals surface area contributed by atoms with Crippen LogP contribution in [-0.2, 0) is 14.3 Å². The molecule has 1 heterocycles. The fourth-order valence-corrected chi connectivity index (χ4v) is 1.28. The second-order valence-corrected chi connectivity index (χ2v) is 3.83. The van der Waals surface area contributed by atoms with Gasteiger partial charge in [0.15, 0.2) is 0 Å². The summed E-state index contributed by atoms with van der Waals surface area (Å²) in [5.74, 6) is 0.267. The van der Waals surface area contributed by atoms with Crippen molar-refractivity contribution in [2.45, 2.75) is 13.0 Å². The van der Waals surface area contributed by atoms with Crippen molar-refractivity contribution in [1.82, 2.24) is 10.6 Å². The minimum absolute atomic E-state index is 0. The molecule has 0 spiro atoms. The summed E-state index contributed by atoms with van der Waals surface area (Å²) in [6.45, 7) is 5.23. The summed E-state index contributed by atoms with van der Waals surface area (Å²) in [6.07, 6.45) is 0. The molecule has 0 aromatic heterocycles. The number of rotatable bonds is 7. The van der Waals surface area contributed by atoms with Crippen LogP contribution in [0, 0.1) is 5.92 Å². The molecule has 0 aliphatic carbocycles. The molecule has 0 aromatic rings. The van der Waals surface area contributed by atoms with Crippen LogP contribution in [0.25, 0.3) is 0 Å². The number of amides is 1. The fourth-order valence-electron chi connectivity index (χ4n) is 1.28. The van der Waals surface area contributed by atoms with Gasteiger partial charge in [0.05, 0.1) is 25.7 Å². The fraction of sp³-hybridized carbons (Fsp3) is 0.900. The maximum atomic E-state index is 11.5. The number of nitrogens with one attached hydrogen (secondary N) is 2. The zero-order valence-corrected chi connectivity index (χ0v) is 10.6. The van der Waals surface area contributed by atoms with E-state index < -0.39 is 0 Å². The molecule has 1 fully saturated rings. The minimum Gasteiger partial charge on any atom is -0.382 e. The Kier molecular flexibility index (Phi) is 8.56. The molecule has 1 saturated heterocycles. The van der Waals surface area contributed by atoms with Crippen LogP contribution in [0.4, 0.5) is 0 Å². The Bertz CT molecular complexity index is 201. The quantitative estimate of drug-likeness (QED) is 0.616. The molecule has 16 heavy (non-hydrogen) atoms. The van der Waals surface area contributed by atoms with Crippen molar-refractivity contribution in [1.29, 1.82) is 0 Å². The molecule has 6 heteroatoms. The van der Waals surface area contributed by atoms with Gasteiger partial charge in [0, 0.05) is 26.2 Å². The highest BCUT2D eigenvalue weighted by atomic mass is 35.5. The van der Waals surface area contributed by atoms with Gasteiger partial charge in [-0.25, -0.2) is 0 Å². The van der Waals surface area contributed by atoms with Crippen LogP contribution in [0.3, 0.4) is 0 Å². The Morgan fingerprint density at radius 1 is 1.50 bits per heavy atom. The maximum absolute atomic E-state index is 11.5. The monoisotopic (exact) mass is 252 g/mol. The molecule has 0 aromatic carbocycles. The molecule has 2 N–H and O–H groups in total. The number of carbonyl (C=O) groups excluding carboxylic acids is 1. The topological polar surface area (TPSA) is 59.6 Å². The summed E-state index contributed by atoms with van der Waals surface area (Å²) in [6, 6.07) is 0.0648. The van der Waals surface area contributed by atoms with E-state index in [0.29, 0.717) is 19.8 Å². The maximum Gasteiger partial charge on any atom is 0.225 e. The normalized spacial score (nSPS) is 17.1. The highest BCUT2D eigenvalue weighted by Gasteiger charge is 2.25. The van der Waals surface area contributed by atoms with Crippen molar-refractivity contribution in [3.63, 3.8) is 0 Å². The number of methoxy groups -OCH3 is 1. The van der Waals surface area contributed by atoms with Crippen LogP contribution in [0.2, 0.25) is 0 Å². The first-order chi connectivity index (χ1) is 7.24. The third-order valence-corrected chi connectivity index (χ3v) is 2.34. The van der Waals surface area contributed by atoms with Crippen molar-refractivity contribution in [3.05, 3.63) is 0 Å². The lowest BCUT2D eigenvalue weighted by Crippen LogP contribution is -2.52. The van der Waals surface area contributed by atoms with E-state index >= 15 is 0 Å². The van der Waals surface area contributed by atoms with E-state index in [-0.39, 0.29) is 30.3 Å². The lowest BCUT2D eigenvalue weighted by atomic mass is 10.0. The van der Waals surface area contributed by atoms with Crippen LogP contribution in [0.1, 0.15) is 6.92 Å². The molecule has 0 bridgehead atoms. The first kappa shape index (κ1) is 15.6. The van der Waals surface area contributed by atoms with Crippen LogP contribution in [0.15, 0.2) is 0 Å². The van der Waals surface area contributed by atoms with E-state index in [9.17, 15) is 4.79 Å². The van der Waals surface area contributed by atoms with E-state index in [4.69, 9.17) is 9.47 Å². The van der Waals surface area contributed by atoms with E-state index in [0.717, 1.165) is 13.1 Å². The van der Waals surface area contributed by atoms with E-state index in [1.807, 2.05) is 6.92 Å². The zero-order valence-electron chi connectivity index (χ0n) is 9.82. The summed E-state index contributed by atoms with van der Waals surface area (Å²) in [7, 11) is 1.64. The molecule has 1 atom stereocenters. The van der Waals surface area contributed by atoms with Gasteiger partial charge in [-0.3, -0.25) is 4.79 Å². The van der Waals surface area contributed by atoms with Gasteiger partial charge >= 0.3 is 0 Å². The van der Waals surface area contributed by atoms with Gasteiger partial charge in [0.1, 0.15) is 0 Å². The minimum atomic E-state index is 0. The van der Waals surface area contributed by atoms with Crippen LogP contribution >= 0.6 is 12.4 Å². The highest BCUT2D eigenvalue weighted by molar-refractivity contribution is 5.85. The van der Waals surface area contributed by atoms with Crippen LogP contribution in [-0.4, -0.2) is 52.0 Å². The van der Waals surface area contributed by atoms with Crippen molar-refractivity contribution >= 4 is 18.3 Å². The number of carbonyl (C=O) groups is 1. The molecule has 1 unspecified atom stereocenters. The van der Waals surface area contributed by atoms with Gasteiger partial charge in [-0.1, -0.05) is 0 Å². The van der Waals surface area contributed by atoms with Crippen molar-refractivity contribution in [2.75, 3.05) is 40.0 Å². The molecular weight excluding hydrogens is 232 g/mol. The van der Waals surface area contributed by atoms with E-state index in [1.165, 1.54) is 0 Å². The molecule has 1 amide bonds. The average Bonchev–Trinajstić information content (AvgIpc) is 2.09. The molecule has 0 radical (unpaired) electrons. The Labute approximate surface area is 103 Å². The van der Waals surface area contributed by atoms with Gasteiger partial charge in [0.2, 0.25) is 5.91 Å². The Balaban J connectivity index is 0.00000225. The largest absolute Gasteiger partial charge is 0.382 e. The molecule has 0 saturated carbocycles. The lowest BCUT2D eigenvalue weighted by molar-refractivity contribution is -0.127. The Morgan fingerprint density at radius 3 is 2.69 bits per heavy atom. The summed E-state index contributed by atoms with van der Waals surface area (Å²) < 4.78 is 10.2. The summed E-state index contributed by atoms with van der Waals surface area (Å²) in [4.78, 5) is 11.5. The number of hydrogen-bond acceptors (Lipinski definition) is 4. The predicted octanol–water partition coefficient (Wildman–Crippen LogP) is -0.205. The highest BCUT2D eigenvalue weighted by Crippen LogP contribution is 2.02. The average molecular weight is 253 g/mol. The lowest BCUT2D eigenvalue weighted by Gasteiger charge is -2.27. The van der Waals surface area contributed by atoms with Crippen molar-refractivity contribution in [2.24, 2.45) is 5.92 Å². The smallest absolute Gasteiger partial charge is 0.225 e. The predicted molar refractivity (Wildman–Crippen MR) is 63.9 cm³/mol. The van der Waals surface area contributed by atoms with Gasteiger partial charge in [-0.15, -0.1) is 12.4 Å². The summed E-state index contributed by atoms with van der Waals surface area (Å²) >= 11 is 0. The molecule has 1 rings (SSSR count). The summed E-state index contributed by atoms with van der Waals surface area (Å²) in [5, 5.41) is 5.98. The number of ether oxygens (including phenoxy) is 2. The third-order valence-electron chi connectivity index (χ3n) is 2.34. The molecule has 1 aliphatic rings. The van der Waals surface area contributed by atoms with Gasteiger partial charge < -0.3 is 20.1 Å². The SMILES string of the molecule is COCCOCC(C)NC(=O)C1CNC1.Cl. The van der Waals surface area contributed by atoms with Gasteiger partial charge in [-0.05, 0) is 6.92 Å². The van der Waals surface area contributed by atoms with Crippen LogP contribution < -0.4 is 10.6 Å². The van der Waals surface area contributed by atoms with Crippen molar-refractivity contribution < 1.29 is 14.3 Å². The summed E-state index contributed by atoms with van der Waals surface area (Å²) in [5.41, 5.74) is 0. The third kappa shape index (κ3) is 5.65. The van der Waals surface area contributed by atoms with Gasteiger partial charge in [-0.2, -0.15) is 0 Å². The Morgan fingerprint density at radius 2 is 2.19 bits per heavy atom. The zero-order chi connectivity index (χ0) is 11.1. The number of hydrogen-bond donors (Lipinski definition) is 2. The number of halogens is 1.